The Kier molecular flexibility index (Phi) is 9.96. The van der Waals surface area contributed by atoms with Crippen molar-refractivity contribution in [3.8, 4) is 0 Å². The highest BCUT2D eigenvalue weighted by Crippen LogP contribution is 2.39. The molecule has 7 nitrogen and oxygen atoms in total. The van der Waals surface area contributed by atoms with Crippen molar-refractivity contribution in [3.05, 3.63) is 118 Å². The van der Waals surface area contributed by atoms with Gasteiger partial charge in [0.2, 0.25) is 11.8 Å². The summed E-state index contributed by atoms with van der Waals surface area (Å²) >= 11 is 12.1. The fourth-order valence-corrected chi connectivity index (χ4v) is 7.16. The second-order valence-corrected chi connectivity index (χ2v) is 12.4. The maximum Gasteiger partial charge on any atom is 0.249 e. The Morgan fingerprint density at radius 3 is 2.09 bits per heavy atom. The first kappa shape index (κ1) is 32.7. The van der Waals surface area contributed by atoms with Crippen molar-refractivity contribution < 1.29 is 23.5 Å². The standard InChI is InChI=1S/C18H18ClFN2O2.C18H16ClFN2O/c19-17-13-8-10-22(15(13)7-6-14(17)20)16(9-11-23)18(24)21-12-4-2-1-3-5-12;19-17-13-8-10-22(15(13)7-6-14(17)20)16-9-11-21(18(16)23)12-4-2-1-3-5-12/h1-7,16,23H,8-11H2,(H,21,24);1-7,16H,8-11H2/t2*16-/m00/s1. The van der Waals surface area contributed by atoms with Crippen LogP contribution >= 0.6 is 23.2 Å². The third-order valence-electron chi connectivity index (χ3n) is 8.91. The van der Waals surface area contributed by atoms with Crippen LogP contribution in [0.2, 0.25) is 10.0 Å². The van der Waals surface area contributed by atoms with Gasteiger partial charge in [-0.15, -0.1) is 0 Å². The fraction of sp³-hybridized carbons (Fsp3) is 0.278. The molecule has 0 saturated carbocycles. The number of carbonyl (C=O) groups is 2. The zero-order valence-electron chi connectivity index (χ0n) is 25.5. The third-order valence-corrected chi connectivity index (χ3v) is 9.73. The molecule has 244 valence electrons. The van der Waals surface area contributed by atoms with E-state index in [1.165, 1.54) is 12.1 Å². The molecule has 0 aliphatic carbocycles. The molecule has 0 bridgehead atoms. The van der Waals surface area contributed by atoms with Crippen LogP contribution in [0.15, 0.2) is 84.9 Å². The van der Waals surface area contributed by atoms with E-state index in [1.807, 2.05) is 58.3 Å². The van der Waals surface area contributed by atoms with Gasteiger partial charge in [-0.05, 0) is 85.3 Å². The SMILES string of the molecule is O=C(Nc1ccccc1)[C@H](CCO)N1CCc2c1ccc(F)c2Cl.O=C1[C@@H](N2CCc3c2ccc(F)c3Cl)CCN1c1ccccc1. The molecule has 2 atom stereocenters. The number of benzene rings is 4. The summed E-state index contributed by atoms with van der Waals surface area (Å²) in [4.78, 5) is 31.3. The Balaban J connectivity index is 0.000000164. The molecule has 11 heteroatoms. The molecule has 4 aromatic carbocycles. The zero-order chi connectivity index (χ0) is 33.1. The largest absolute Gasteiger partial charge is 0.396 e. The maximum atomic E-state index is 13.6. The van der Waals surface area contributed by atoms with Crippen molar-refractivity contribution in [1.29, 1.82) is 0 Å². The Morgan fingerprint density at radius 1 is 0.830 bits per heavy atom. The van der Waals surface area contributed by atoms with E-state index < -0.39 is 17.7 Å². The van der Waals surface area contributed by atoms with Gasteiger partial charge in [-0.2, -0.15) is 0 Å². The Hall–Kier alpha value is -4.18. The monoisotopic (exact) mass is 678 g/mol. The van der Waals surface area contributed by atoms with Crippen molar-refractivity contribution in [2.75, 3.05) is 46.3 Å². The molecule has 2 amide bonds. The molecule has 3 aliphatic rings. The normalized spacial score (nSPS) is 17.3. The summed E-state index contributed by atoms with van der Waals surface area (Å²) in [5.41, 5.74) is 4.80. The lowest BCUT2D eigenvalue weighted by atomic mass is 10.1. The van der Waals surface area contributed by atoms with Crippen LogP contribution in [0, 0.1) is 11.6 Å². The molecule has 0 aromatic heterocycles. The topological polar surface area (TPSA) is 76.1 Å². The number of rotatable bonds is 7. The first-order valence-corrected chi connectivity index (χ1v) is 16.3. The lowest BCUT2D eigenvalue weighted by molar-refractivity contribution is -0.118. The van der Waals surface area contributed by atoms with Gasteiger partial charge < -0.3 is 25.1 Å². The van der Waals surface area contributed by atoms with Crippen LogP contribution in [0.4, 0.5) is 31.5 Å². The number of nitrogens with zero attached hydrogens (tertiary/aromatic N) is 3. The molecule has 3 heterocycles. The smallest absolute Gasteiger partial charge is 0.249 e. The molecule has 0 radical (unpaired) electrons. The number of nitrogens with one attached hydrogen (secondary N) is 1. The molecule has 1 fully saturated rings. The molecular formula is C36H34Cl2F2N4O3. The van der Waals surface area contributed by atoms with Gasteiger partial charge in [0.15, 0.2) is 0 Å². The predicted molar refractivity (Wildman–Crippen MR) is 183 cm³/mol. The highest BCUT2D eigenvalue weighted by Gasteiger charge is 2.40. The quantitative estimate of drug-likeness (QED) is 0.223. The highest BCUT2D eigenvalue weighted by molar-refractivity contribution is 6.32. The van der Waals surface area contributed by atoms with E-state index in [1.54, 1.807) is 24.3 Å². The zero-order valence-corrected chi connectivity index (χ0v) is 27.0. The maximum absolute atomic E-state index is 13.6. The van der Waals surface area contributed by atoms with Gasteiger partial charge in [-0.1, -0.05) is 59.6 Å². The summed E-state index contributed by atoms with van der Waals surface area (Å²) in [6.45, 7) is 1.85. The lowest BCUT2D eigenvalue weighted by Gasteiger charge is -2.29. The number of carbonyl (C=O) groups excluding carboxylic acids is 2. The van der Waals surface area contributed by atoms with Crippen LogP contribution in [0.25, 0.3) is 0 Å². The summed E-state index contributed by atoms with van der Waals surface area (Å²) in [5.74, 6) is -0.950. The molecule has 7 rings (SSSR count). The molecule has 0 spiro atoms. The molecule has 4 aromatic rings. The number of hydrogen-bond acceptors (Lipinski definition) is 5. The second kappa shape index (κ2) is 14.3. The number of fused-ring (bicyclic) bond motifs is 2. The van der Waals surface area contributed by atoms with Gasteiger partial charge in [0.05, 0.1) is 10.0 Å². The number of aliphatic hydroxyl groups is 1. The lowest BCUT2D eigenvalue weighted by Crippen LogP contribution is -2.44. The second-order valence-electron chi connectivity index (χ2n) is 11.6. The summed E-state index contributed by atoms with van der Waals surface area (Å²) in [6, 6.07) is 24.2. The Morgan fingerprint density at radius 2 is 1.43 bits per heavy atom. The average molecular weight is 680 g/mol. The summed E-state index contributed by atoms with van der Waals surface area (Å²) in [5, 5.41) is 12.5. The van der Waals surface area contributed by atoms with Crippen molar-refractivity contribution >= 4 is 57.8 Å². The predicted octanol–water partition coefficient (Wildman–Crippen LogP) is 6.88. The Bertz CT molecular complexity index is 1760. The van der Waals surface area contributed by atoms with E-state index in [4.69, 9.17) is 23.2 Å². The number of aliphatic hydroxyl groups excluding tert-OH is 1. The van der Waals surface area contributed by atoms with E-state index in [0.717, 1.165) is 29.0 Å². The van der Waals surface area contributed by atoms with Gasteiger partial charge in [-0.25, -0.2) is 8.78 Å². The highest BCUT2D eigenvalue weighted by atomic mass is 35.5. The first-order chi connectivity index (χ1) is 22.8. The van der Waals surface area contributed by atoms with Crippen LogP contribution in [0.3, 0.4) is 0 Å². The van der Waals surface area contributed by atoms with Crippen molar-refractivity contribution in [2.24, 2.45) is 0 Å². The number of para-hydroxylation sites is 2. The number of anilines is 4. The molecular weight excluding hydrogens is 645 g/mol. The average Bonchev–Trinajstić information content (AvgIpc) is 3.81. The van der Waals surface area contributed by atoms with Crippen LogP contribution < -0.4 is 20.0 Å². The van der Waals surface area contributed by atoms with Crippen LogP contribution in [-0.2, 0) is 22.4 Å². The van der Waals surface area contributed by atoms with Crippen molar-refractivity contribution in [3.63, 3.8) is 0 Å². The molecule has 47 heavy (non-hydrogen) atoms. The van der Waals surface area contributed by atoms with Gasteiger partial charge >= 0.3 is 0 Å². The van der Waals surface area contributed by atoms with Crippen LogP contribution in [-0.4, -0.2) is 55.2 Å². The number of amides is 2. The van der Waals surface area contributed by atoms with E-state index in [-0.39, 0.29) is 40.9 Å². The molecule has 0 unspecified atom stereocenters. The molecule has 3 aliphatic heterocycles. The minimum absolute atomic E-state index is 0.101. The van der Waals surface area contributed by atoms with Gasteiger partial charge in [0, 0.05) is 49.0 Å². The number of hydrogen-bond donors (Lipinski definition) is 2. The van der Waals surface area contributed by atoms with E-state index in [2.05, 4.69) is 10.2 Å². The van der Waals surface area contributed by atoms with Gasteiger partial charge in [0.1, 0.15) is 23.7 Å². The van der Waals surface area contributed by atoms with Crippen molar-refractivity contribution in [1.82, 2.24) is 0 Å². The van der Waals surface area contributed by atoms with Crippen LogP contribution in [0.1, 0.15) is 24.0 Å². The minimum Gasteiger partial charge on any atom is -0.396 e. The summed E-state index contributed by atoms with van der Waals surface area (Å²) in [7, 11) is 0. The van der Waals surface area contributed by atoms with E-state index >= 15 is 0 Å². The van der Waals surface area contributed by atoms with Gasteiger partial charge in [-0.3, -0.25) is 9.59 Å². The van der Waals surface area contributed by atoms with Crippen molar-refractivity contribution in [2.45, 2.75) is 37.8 Å². The number of halogens is 4. The summed E-state index contributed by atoms with van der Waals surface area (Å²) < 4.78 is 27.2. The fourth-order valence-electron chi connectivity index (χ4n) is 6.65. The minimum atomic E-state index is -0.544. The molecule has 2 N–H and O–H groups in total. The summed E-state index contributed by atoms with van der Waals surface area (Å²) in [6.07, 6.45) is 2.31. The van der Waals surface area contributed by atoms with E-state index in [0.29, 0.717) is 43.7 Å². The van der Waals surface area contributed by atoms with E-state index in [9.17, 15) is 23.5 Å². The Labute approximate surface area is 282 Å². The van der Waals surface area contributed by atoms with Gasteiger partial charge in [0.25, 0.3) is 0 Å². The third kappa shape index (κ3) is 6.66. The van der Waals surface area contributed by atoms with Crippen LogP contribution in [0.5, 0.6) is 0 Å². The molecule has 1 saturated heterocycles. The first-order valence-electron chi connectivity index (χ1n) is 15.6.